The molecule has 1 aliphatic rings. The lowest BCUT2D eigenvalue weighted by Crippen LogP contribution is -2.30. The van der Waals surface area contributed by atoms with Crippen molar-refractivity contribution in [1.82, 2.24) is 10.2 Å². The van der Waals surface area contributed by atoms with E-state index in [4.69, 9.17) is 9.15 Å². The predicted octanol–water partition coefficient (Wildman–Crippen LogP) is 3.98. The molecule has 0 bridgehead atoms. The molecule has 0 atom stereocenters. The number of amides is 2. The minimum atomic E-state index is -0.141. The lowest BCUT2D eigenvalue weighted by molar-refractivity contribution is -0.127. The smallest absolute Gasteiger partial charge is 0.244 e. The molecule has 0 saturated carbocycles. The van der Waals surface area contributed by atoms with Crippen LogP contribution in [0.3, 0.4) is 0 Å². The highest BCUT2D eigenvalue weighted by atomic mass is 16.5. The van der Waals surface area contributed by atoms with Crippen LogP contribution in [0.15, 0.2) is 22.6 Å². The minimum absolute atomic E-state index is 0.141. The van der Waals surface area contributed by atoms with E-state index in [0.717, 1.165) is 52.8 Å². The molecule has 2 amide bonds. The van der Waals surface area contributed by atoms with Crippen LogP contribution in [0, 0.1) is 13.8 Å². The first-order valence-corrected chi connectivity index (χ1v) is 10.3. The zero-order chi connectivity index (χ0) is 21.0. The fourth-order valence-corrected chi connectivity index (χ4v) is 3.70. The number of nitrogens with zero attached hydrogens (tertiary/aromatic N) is 1. The Morgan fingerprint density at radius 2 is 2.14 bits per heavy atom. The maximum Gasteiger partial charge on any atom is 0.244 e. The minimum Gasteiger partial charge on any atom is -0.493 e. The van der Waals surface area contributed by atoms with Crippen molar-refractivity contribution in [2.45, 2.75) is 47.0 Å². The van der Waals surface area contributed by atoms with Crippen LogP contribution in [0.4, 0.5) is 0 Å². The number of hydrogen-bond acceptors (Lipinski definition) is 4. The number of carbonyl (C=O) groups is 2. The summed E-state index contributed by atoms with van der Waals surface area (Å²) in [6.45, 7) is 10.4. The van der Waals surface area contributed by atoms with Gasteiger partial charge in [0.25, 0.3) is 0 Å². The van der Waals surface area contributed by atoms with E-state index >= 15 is 0 Å². The summed E-state index contributed by atoms with van der Waals surface area (Å²) in [6, 6.07) is 3.93. The topological polar surface area (TPSA) is 71.8 Å². The maximum atomic E-state index is 12.4. The number of allylic oxidation sites excluding steroid dienone is 1. The number of rotatable bonds is 8. The SMILES string of the molecule is CCOc1cc2oc(C)c(C)c2cc1/C(C)=C/C(=O)NCCCN1CCCC1=O. The molecule has 0 aliphatic carbocycles. The van der Waals surface area contributed by atoms with Gasteiger partial charge in [0.1, 0.15) is 17.1 Å². The molecule has 3 rings (SSSR count). The van der Waals surface area contributed by atoms with Crippen LogP contribution < -0.4 is 10.1 Å². The van der Waals surface area contributed by atoms with Gasteiger partial charge in [0, 0.05) is 49.1 Å². The van der Waals surface area contributed by atoms with E-state index < -0.39 is 0 Å². The number of nitrogens with one attached hydrogen (secondary N) is 1. The summed E-state index contributed by atoms with van der Waals surface area (Å²) in [7, 11) is 0. The normalized spacial score (nSPS) is 14.7. The van der Waals surface area contributed by atoms with Crippen molar-refractivity contribution in [1.29, 1.82) is 0 Å². The number of ether oxygens (including phenoxy) is 1. The van der Waals surface area contributed by atoms with Crippen LogP contribution in [-0.4, -0.2) is 43.0 Å². The molecule has 1 aromatic carbocycles. The average Bonchev–Trinajstić information content (AvgIpc) is 3.21. The Hall–Kier alpha value is -2.76. The number of benzene rings is 1. The summed E-state index contributed by atoms with van der Waals surface area (Å²) in [6.07, 6.45) is 3.95. The van der Waals surface area contributed by atoms with Crippen LogP contribution in [-0.2, 0) is 9.59 Å². The fraction of sp³-hybridized carbons (Fsp3) is 0.478. The number of aryl methyl sites for hydroxylation is 2. The van der Waals surface area contributed by atoms with Crippen molar-refractivity contribution in [2.75, 3.05) is 26.2 Å². The summed E-state index contributed by atoms with van der Waals surface area (Å²) >= 11 is 0. The van der Waals surface area contributed by atoms with Crippen LogP contribution in [0.5, 0.6) is 5.75 Å². The zero-order valence-corrected chi connectivity index (χ0v) is 17.8. The van der Waals surface area contributed by atoms with E-state index in [1.165, 1.54) is 0 Å². The molecular formula is C23H30N2O4. The van der Waals surface area contributed by atoms with Gasteiger partial charge in [-0.25, -0.2) is 0 Å². The van der Waals surface area contributed by atoms with Crippen molar-refractivity contribution in [3.8, 4) is 5.75 Å². The van der Waals surface area contributed by atoms with Gasteiger partial charge in [-0.3, -0.25) is 9.59 Å². The molecule has 0 radical (unpaired) electrons. The van der Waals surface area contributed by atoms with Gasteiger partial charge >= 0.3 is 0 Å². The molecule has 156 valence electrons. The first kappa shape index (κ1) is 21.0. The van der Waals surface area contributed by atoms with Gasteiger partial charge in [0.15, 0.2) is 0 Å². The van der Waals surface area contributed by atoms with Gasteiger partial charge in [0.05, 0.1) is 6.61 Å². The number of furan rings is 1. The summed E-state index contributed by atoms with van der Waals surface area (Å²) < 4.78 is 11.6. The van der Waals surface area contributed by atoms with Crippen molar-refractivity contribution in [3.05, 3.63) is 35.1 Å². The Kier molecular flexibility index (Phi) is 6.62. The first-order valence-electron chi connectivity index (χ1n) is 10.3. The molecule has 0 unspecified atom stereocenters. The van der Waals surface area contributed by atoms with Crippen LogP contribution in [0.1, 0.15) is 50.0 Å². The second-order valence-electron chi connectivity index (χ2n) is 7.52. The van der Waals surface area contributed by atoms with E-state index in [0.29, 0.717) is 31.9 Å². The summed E-state index contributed by atoms with van der Waals surface area (Å²) in [5.41, 5.74) is 3.61. The molecule has 1 saturated heterocycles. The number of hydrogen-bond donors (Lipinski definition) is 1. The molecular weight excluding hydrogens is 368 g/mol. The highest BCUT2D eigenvalue weighted by Gasteiger charge is 2.19. The summed E-state index contributed by atoms with van der Waals surface area (Å²) in [5.74, 6) is 1.67. The van der Waals surface area contributed by atoms with E-state index in [1.54, 1.807) is 6.08 Å². The molecule has 6 heteroatoms. The number of carbonyl (C=O) groups excluding carboxylic acids is 2. The average molecular weight is 399 g/mol. The van der Waals surface area contributed by atoms with Crippen molar-refractivity contribution >= 4 is 28.4 Å². The molecule has 1 fully saturated rings. The van der Waals surface area contributed by atoms with Crippen LogP contribution in [0.25, 0.3) is 16.5 Å². The Morgan fingerprint density at radius 3 is 2.83 bits per heavy atom. The molecule has 1 aromatic heterocycles. The van der Waals surface area contributed by atoms with Gasteiger partial charge in [-0.2, -0.15) is 0 Å². The van der Waals surface area contributed by atoms with Gasteiger partial charge < -0.3 is 19.4 Å². The van der Waals surface area contributed by atoms with E-state index in [9.17, 15) is 9.59 Å². The lowest BCUT2D eigenvalue weighted by atomic mass is 10.0. The molecule has 1 N–H and O–H groups in total. The maximum absolute atomic E-state index is 12.4. The third-order valence-electron chi connectivity index (χ3n) is 5.42. The number of likely N-dealkylation sites (tertiary alicyclic amines) is 1. The number of fused-ring (bicyclic) bond motifs is 1. The predicted molar refractivity (Wildman–Crippen MR) is 114 cm³/mol. The molecule has 29 heavy (non-hydrogen) atoms. The molecule has 6 nitrogen and oxygen atoms in total. The Balaban J connectivity index is 1.68. The molecule has 1 aliphatic heterocycles. The monoisotopic (exact) mass is 398 g/mol. The zero-order valence-electron chi connectivity index (χ0n) is 17.8. The van der Waals surface area contributed by atoms with E-state index in [2.05, 4.69) is 5.32 Å². The van der Waals surface area contributed by atoms with Crippen LogP contribution in [0.2, 0.25) is 0 Å². The summed E-state index contributed by atoms with van der Waals surface area (Å²) in [4.78, 5) is 25.8. The van der Waals surface area contributed by atoms with Crippen molar-refractivity contribution in [3.63, 3.8) is 0 Å². The quantitative estimate of drug-likeness (QED) is 0.539. The molecule has 2 heterocycles. The largest absolute Gasteiger partial charge is 0.493 e. The van der Waals surface area contributed by atoms with E-state index in [-0.39, 0.29) is 11.8 Å². The Morgan fingerprint density at radius 1 is 1.34 bits per heavy atom. The second kappa shape index (κ2) is 9.16. The van der Waals surface area contributed by atoms with Gasteiger partial charge in [-0.15, -0.1) is 0 Å². The van der Waals surface area contributed by atoms with Gasteiger partial charge in [0.2, 0.25) is 11.8 Å². The fourth-order valence-electron chi connectivity index (χ4n) is 3.70. The summed E-state index contributed by atoms with van der Waals surface area (Å²) in [5, 5.41) is 3.95. The van der Waals surface area contributed by atoms with E-state index in [1.807, 2.05) is 44.7 Å². The first-order chi connectivity index (χ1) is 13.9. The second-order valence-corrected chi connectivity index (χ2v) is 7.52. The lowest BCUT2D eigenvalue weighted by Gasteiger charge is -2.15. The van der Waals surface area contributed by atoms with Gasteiger partial charge in [-0.1, -0.05) is 0 Å². The van der Waals surface area contributed by atoms with Crippen LogP contribution >= 0.6 is 0 Å². The van der Waals surface area contributed by atoms with Gasteiger partial charge in [-0.05, 0) is 57.7 Å². The third kappa shape index (κ3) is 4.81. The standard InChI is InChI=1S/C23H30N2O4/c1-5-28-20-14-21-19(16(3)17(4)29-21)13-18(20)15(2)12-22(26)24-9-7-11-25-10-6-8-23(25)27/h12-14H,5-11H2,1-4H3,(H,24,26)/b15-12+. The molecule has 2 aromatic rings. The Labute approximate surface area is 171 Å². The van der Waals surface area contributed by atoms with Crippen molar-refractivity contribution < 1.29 is 18.7 Å². The van der Waals surface area contributed by atoms with Crippen molar-refractivity contribution in [2.24, 2.45) is 0 Å². The molecule has 0 spiro atoms. The third-order valence-corrected chi connectivity index (χ3v) is 5.42. The Bertz CT molecular complexity index is 942. The highest BCUT2D eigenvalue weighted by molar-refractivity contribution is 5.97. The highest BCUT2D eigenvalue weighted by Crippen LogP contribution is 2.35.